The van der Waals surface area contributed by atoms with Gasteiger partial charge >= 0.3 is 6.18 Å². The van der Waals surface area contributed by atoms with E-state index in [0.29, 0.717) is 0 Å². The second-order valence-corrected chi connectivity index (χ2v) is 3.09. The highest BCUT2D eigenvalue weighted by molar-refractivity contribution is 6.48. The monoisotopic (exact) mass is 257 g/mol. The standard InChI is InChI=1S/C10H6F3N3O2/c11-10(12,13)6-1-3-7(4-2-6)15-9(17)8(5-14)16-18/h1-4,18H,(H,15,17)/b16-8+. The average Bonchev–Trinajstić information content (AvgIpc) is 2.30. The Morgan fingerprint density at radius 1 is 1.33 bits per heavy atom. The van der Waals surface area contributed by atoms with E-state index < -0.39 is 23.4 Å². The maximum absolute atomic E-state index is 12.2. The van der Waals surface area contributed by atoms with Crippen molar-refractivity contribution in [2.45, 2.75) is 6.18 Å². The number of nitrogens with one attached hydrogen (secondary N) is 1. The number of anilines is 1. The summed E-state index contributed by atoms with van der Waals surface area (Å²) >= 11 is 0. The molecule has 0 atom stereocenters. The zero-order chi connectivity index (χ0) is 13.8. The molecule has 2 N–H and O–H groups in total. The number of carbonyl (C=O) groups excluding carboxylic acids is 1. The van der Waals surface area contributed by atoms with Gasteiger partial charge in [0.2, 0.25) is 5.71 Å². The van der Waals surface area contributed by atoms with Crippen molar-refractivity contribution in [3.63, 3.8) is 0 Å². The summed E-state index contributed by atoms with van der Waals surface area (Å²) in [5.74, 6) is -1.01. The van der Waals surface area contributed by atoms with Gasteiger partial charge in [0.25, 0.3) is 5.91 Å². The van der Waals surface area contributed by atoms with E-state index in [0.717, 1.165) is 24.3 Å². The van der Waals surface area contributed by atoms with Crippen molar-refractivity contribution in [2.24, 2.45) is 5.16 Å². The molecule has 1 aromatic rings. The van der Waals surface area contributed by atoms with E-state index in [4.69, 9.17) is 10.5 Å². The quantitative estimate of drug-likeness (QED) is 0.482. The SMILES string of the molecule is N#C/C(=N\O)C(=O)Nc1ccc(C(F)(F)F)cc1. The number of nitriles is 1. The van der Waals surface area contributed by atoms with Gasteiger partial charge in [-0.05, 0) is 24.3 Å². The predicted octanol–water partition coefficient (Wildman–Crippen LogP) is 2.00. The number of amides is 1. The molecule has 8 heteroatoms. The van der Waals surface area contributed by atoms with Crippen LogP contribution >= 0.6 is 0 Å². The van der Waals surface area contributed by atoms with Crippen molar-refractivity contribution in [1.29, 1.82) is 5.26 Å². The Hall–Kier alpha value is -2.56. The van der Waals surface area contributed by atoms with Gasteiger partial charge < -0.3 is 10.5 Å². The first-order chi connectivity index (χ1) is 8.38. The molecule has 1 amide bonds. The number of oxime groups is 1. The third-order valence-corrected chi connectivity index (χ3v) is 1.89. The van der Waals surface area contributed by atoms with Crippen molar-refractivity contribution in [3.8, 4) is 6.07 Å². The molecule has 0 unspecified atom stereocenters. The van der Waals surface area contributed by atoms with Gasteiger partial charge in [-0.25, -0.2) is 0 Å². The zero-order valence-corrected chi connectivity index (χ0v) is 8.69. The maximum atomic E-state index is 12.2. The summed E-state index contributed by atoms with van der Waals surface area (Å²) in [4.78, 5) is 11.2. The Morgan fingerprint density at radius 3 is 2.28 bits per heavy atom. The van der Waals surface area contributed by atoms with E-state index in [1.807, 2.05) is 0 Å². The lowest BCUT2D eigenvalue weighted by Crippen LogP contribution is -2.21. The highest BCUT2D eigenvalue weighted by Crippen LogP contribution is 2.29. The van der Waals surface area contributed by atoms with Gasteiger partial charge in [0, 0.05) is 5.69 Å². The summed E-state index contributed by atoms with van der Waals surface area (Å²) in [5, 5.41) is 21.2. The van der Waals surface area contributed by atoms with Crippen LogP contribution in [0.2, 0.25) is 0 Å². The molecular weight excluding hydrogens is 251 g/mol. The first-order valence-electron chi connectivity index (χ1n) is 4.49. The van der Waals surface area contributed by atoms with Crippen molar-refractivity contribution < 1.29 is 23.2 Å². The summed E-state index contributed by atoms with van der Waals surface area (Å²) < 4.78 is 36.7. The molecule has 0 fully saturated rings. The van der Waals surface area contributed by atoms with Crippen molar-refractivity contribution >= 4 is 17.3 Å². The maximum Gasteiger partial charge on any atom is 0.416 e. The van der Waals surface area contributed by atoms with Crippen molar-refractivity contribution in [3.05, 3.63) is 29.8 Å². The van der Waals surface area contributed by atoms with E-state index in [-0.39, 0.29) is 5.69 Å². The number of hydrogen-bond acceptors (Lipinski definition) is 4. The van der Waals surface area contributed by atoms with E-state index in [2.05, 4.69) is 10.5 Å². The van der Waals surface area contributed by atoms with E-state index in [9.17, 15) is 18.0 Å². The molecule has 0 heterocycles. The van der Waals surface area contributed by atoms with Gasteiger partial charge in [-0.15, -0.1) is 0 Å². The topological polar surface area (TPSA) is 85.5 Å². The smallest absolute Gasteiger partial charge is 0.410 e. The van der Waals surface area contributed by atoms with Crippen molar-refractivity contribution in [1.82, 2.24) is 0 Å². The molecule has 94 valence electrons. The van der Waals surface area contributed by atoms with Gasteiger partial charge in [0.1, 0.15) is 6.07 Å². The Morgan fingerprint density at radius 2 is 1.89 bits per heavy atom. The van der Waals surface area contributed by atoms with E-state index in [1.54, 1.807) is 0 Å². The lowest BCUT2D eigenvalue weighted by Gasteiger charge is -2.07. The summed E-state index contributed by atoms with van der Waals surface area (Å²) in [7, 11) is 0. The molecule has 18 heavy (non-hydrogen) atoms. The molecule has 0 aliphatic heterocycles. The molecule has 1 aromatic carbocycles. The molecule has 0 saturated carbocycles. The largest absolute Gasteiger partial charge is 0.416 e. The molecule has 0 bridgehead atoms. The van der Waals surface area contributed by atoms with Crippen LogP contribution in [0.25, 0.3) is 0 Å². The summed E-state index contributed by atoms with van der Waals surface area (Å²) in [6, 6.07) is 4.91. The number of halogens is 3. The Kier molecular flexibility index (Phi) is 3.89. The molecule has 0 aliphatic carbocycles. The molecular formula is C10H6F3N3O2. The molecule has 0 aliphatic rings. The minimum absolute atomic E-state index is 0.0457. The van der Waals surface area contributed by atoms with Gasteiger partial charge in [-0.2, -0.15) is 18.4 Å². The fourth-order valence-corrected chi connectivity index (χ4v) is 1.05. The third-order valence-electron chi connectivity index (χ3n) is 1.89. The minimum Gasteiger partial charge on any atom is -0.410 e. The second-order valence-electron chi connectivity index (χ2n) is 3.09. The Bertz CT molecular complexity index is 515. The number of rotatable bonds is 2. The summed E-state index contributed by atoms with van der Waals surface area (Å²) in [5.41, 5.74) is -1.61. The van der Waals surface area contributed by atoms with Gasteiger partial charge in [0.05, 0.1) is 5.56 Å². The van der Waals surface area contributed by atoms with Crippen LogP contribution in [-0.2, 0) is 11.0 Å². The number of alkyl halides is 3. The molecule has 0 spiro atoms. The summed E-state index contributed by atoms with van der Waals surface area (Å²) in [6.07, 6.45) is -4.47. The van der Waals surface area contributed by atoms with Crippen LogP contribution in [-0.4, -0.2) is 16.8 Å². The van der Waals surface area contributed by atoms with Gasteiger partial charge in [0.15, 0.2) is 0 Å². The van der Waals surface area contributed by atoms with Crippen LogP contribution in [0.5, 0.6) is 0 Å². The summed E-state index contributed by atoms with van der Waals surface area (Å²) in [6.45, 7) is 0. The van der Waals surface area contributed by atoms with Crippen LogP contribution in [0.15, 0.2) is 29.4 Å². The highest BCUT2D eigenvalue weighted by Gasteiger charge is 2.30. The number of nitrogens with zero attached hydrogens (tertiary/aromatic N) is 2. The first kappa shape index (κ1) is 13.5. The van der Waals surface area contributed by atoms with E-state index in [1.165, 1.54) is 6.07 Å². The fraction of sp³-hybridized carbons (Fsp3) is 0.100. The second kappa shape index (κ2) is 5.18. The highest BCUT2D eigenvalue weighted by atomic mass is 19.4. The van der Waals surface area contributed by atoms with Crippen LogP contribution in [0, 0.1) is 11.3 Å². The van der Waals surface area contributed by atoms with Crippen molar-refractivity contribution in [2.75, 3.05) is 5.32 Å². The molecule has 1 rings (SSSR count). The van der Waals surface area contributed by atoms with Crippen LogP contribution in [0.4, 0.5) is 18.9 Å². The normalized spacial score (nSPS) is 11.8. The number of benzene rings is 1. The predicted molar refractivity (Wildman–Crippen MR) is 54.9 cm³/mol. The third kappa shape index (κ3) is 3.21. The van der Waals surface area contributed by atoms with E-state index >= 15 is 0 Å². The lowest BCUT2D eigenvalue weighted by atomic mass is 10.2. The van der Waals surface area contributed by atoms with Gasteiger partial charge in [-0.3, -0.25) is 4.79 Å². The van der Waals surface area contributed by atoms with Gasteiger partial charge in [-0.1, -0.05) is 5.16 Å². The Labute approximate surface area is 99.1 Å². The first-order valence-corrected chi connectivity index (χ1v) is 4.49. The molecule has 0 saturated heterocycles. The Balaban J connectivity index is 2.83. The average molecular weight is 257 g/mol. The van der Waals surface area contributed by atoms with Crippen LogP contribution in [0.3, 0.4) is 0 Å². The number of hydrogen-bond donors (Lipinski definition) is 2. The molecule has 0 aromatic heterocycles. The molecule has 0 radical (unpaired) electrons. The zero-order valence-electron chi connectivity index (χ0n) is 8.69. The number of carbonyl (C=O) groups is 1. The van der Waals surface area contributed by atoms with Crippen LogP contribution in [0.1, 0.15) is 5.56 Å². The molecule has 5 nitrogen and oxygen atoms in total. The van der Waals surface area contributed by atoms with Crippen LogP contribution < -0.4 is 5.32 Å². The lowest BCUT2D eigenvalue weighted by molar-refractivity contribution is -0.137. The minimum atomic E-state index is -4.47. The fourth-order valence-electron chi connectivity index (χ4n) is 1.05.